The summed E-state index contributed by atoms with van der Waals surface area (Å²) in [6.45, 7) is 0.297. The summed E-state index contributed by atoms with van der Waals surface area (Å²) in [5.41, 5.74) is 1.86. The normalized spacial score (nSPS) is 10.9. The summed E-state index contributed by atoms with van der Waals surface area (Å²) in [5.74, 6) is 0.671. The van der Waals surface area contributed by atoms with E-state index < -0.39 is 0 Å². The molecule has 2 aromatic heterocycles. The van der Waals surface area contributed by atoms with Crippen LogP contribution in [-0.4, -0.2) is 15.0 Å². The van der Waals surface area contributed by atoms with Crippen LogP contribution in [0.15, 0.2) is 70.0 Å². The SMILES string of the molecule is O=c1ccc2cc(OCc3cn(-c4ccccc4I)nn3)ccc2o1. The number of rotatable bonds is 4. The topological polar surface area (TPSA) is 70.2 Å². The van der Waals surface area contributed by atoms with Crippen molar-refractivity contribution in [3.63, 3.8) is 0 Å². The second-order valence-corrected chi connectivity index (χ2v) is 6.51. The van der Waals surface area contributed by atoms with Crippen molar-refractivity contribution in [3.05, 3.63) is 80.5 Å². The first-order valence-electron chi connectivity index (χ1n) is 7.52. The Morgan fingerprint density at radius 2 is 2.00 bits per heavy atom. The summed E-state index contributed by atoms with van der Waals surface area (Å²) in [6, 6.07) is 16.3. The van der Waals surface area contributed by atoms with Crippen LogP contribution in [0, 0.1) is 3.57 Å². The minimum absolute atomic E-state index is 0.297. The third-order valence-electron chi connectivity index (χ3n) is 3.62. The number of benzene rings is 2. The molecule has 2 heterocycles. The first-order chi connectivity index (χ1) is 12.2. The number of ether oxygens (including phenoxy) is 1. The molecular weight excluding hydrogens is 433 g/mol. The van der Waals surface area contributed by atoms with Crippen LogP contribution in [0.5, 0.6) is 5.75 Å². The zero-order valence-electron chi connectivity index (χ0n) is 12.9. The van der Waals surface area contributed by atoms with E-state index in [1.165, 1.54) is 6.07 Å². The van der Waals surface area contributed by atoms with Gasteiger partial charge >= 0.3 is 5.63 Å². The summed E-state index contributed by atoms with van der Waals surface area (Å²) in [4.78, 5) is 11.2. The van der Waals surface area contributed by atoms with Crippen LogP contribution in [0.1, 0.15) is 5.69 Å². The van der Waals surface area contributed by atoms with Crippen LogP contribution < -0.4 is 10.4 Å². The van der Waals surface area contributed by atoms with Gasteiger partial charge in [0, 0.05) is 15.0 Å². The predicted molar refractivity (Wildman–Crippen MR) is 101 cm³/mol. The van der Waals surface area contributed by atoms with E-state index >= 15 is 0 Å². The fourth-order valence-corrected chi connectivity index (χ4v) is 3.05. The molecule has 0 bridgehead atoms. The lowest BCUT2D eigenvalue weighted by Crippen LogP contribution is -1.98. The molecule has 0 unspecified atom stereocenters. The maximum absolute atomic E-state index is 11.2. The molecule has 0 N–H and O–H groups in total. The Bertz CT molecular complexity index is 1100. The van der Waals surface area contributed by atoms with Gasteiger partial charge in [-0.3, -0.25) is 0 Å². The molecule has 0 atom stereocenters. The first kappa shape index (κ1) is 15.8. The van der Waals surface area contributed by atoms with Gasteiger partial charge in [0.05, 0.1) is 11.9 Å². The number of hydrogen-bond acceptors (Lipinski definition) is 5. The van der Waals surface area contributed by atoms with Gasteiger partial charge in [-0.15, -0.1) is 5.10 Å². The number of nitrogens with zero attached hydrogens (tertiary/aromatic N) is 3. The van der Waals surface area contributed by atoms with Gasteiger partial charge in [0.2, 0.25) is 0 Å². The highest BCUT2D eigenvalue weighted by atomic mass is 127. The molecule has 2 aromatic carbocycles. The molecule has 0 fully saturated rings. The van der Waals surface area contributed by atoms with Crippen LogP contribution in [0.3, 0.4) is 0 Å². The zero-order valence-corrected chi connectivity index (χ0v) is 15.1. The van der Waals surface area contributed by atoms with E-state index in [0.717, 1.165) is 20.3 Å². The molecule has 0 saturated carbocycles. The molecule has 4 rings (SSSR count). The van der Waals surface area contributed by atoms with E-state index in [-0.39, 0.29) is 5.63 Å². The highest BCUT2D eigenvalue weighted by molar-refractivity contribution is 14.1. The molecule has 124 valence electrons. The Labute approximate surface area is 156 Å². The fraction of sp³-hybridized carbons (Fsp3) is 0.0556. The Morgan fingerprint density at radius 3 is 2.88 bits per heavy atom. The average molecular weight is 445 g/mol. The standard InChI is InChI=1S/C18H12IN3O3/c19-15-3-1-2-4-16(15)22-10-13(20-21-22)11-24-14-6-7-17-12(9-14)5-8-18(23)25-17/h1-10H,11H2. The molecule has 0 amide bonds. The van der Waals surface area contributed by atoms with E-state index in [1.807, 2.05) is 36.5 Å². The predicted octanol–water partition coefficient (Wildman–Crippen LogP) is 3.56. The van der Waals surface area contributed by atoms with Crippen molar-refractivity contribution < 1.29 is 9.15 Å². The summed E-state index contributed by atoms with van der Waals surface area (Å²) >= 11 is 2.26. The number of halogens is 1. The van der Waals surface area contributed by atoms with Gasteiger partial charge in [-0.05, 0) is 59.0 Å². The molecule has 6 nitrogen and oxygen atoms in total. The molecule has 0 aliphatic heterocycles. The molecule has 4 aromatic rings. The quantitative estimate of drug-likeness (QED) is 0.355. The number of para-hydroxylation sites is 1. The highest BCUT2D eigenvalue weighted by Gasteiger charge is 2.07. The minimum atomic E-state index is -0.367. The summed E-state index contributed by atoms with van der Waals surface area (Å²) < 4.78 is 13.7. The van der Waals surface area contributed by atoms with E-state index in [9.17, 15) is 4.79 Å². The van der Waals surface area contributed by atoms with Crippen LogP contribution in [0.4, 0.5) is 0 Å². The Hall–Kier alpha value is -2.68. The summed E-state index contributed by atoms with van der Waals surface area (Å²) in [7, 11) is 0. The monoisotopic (exact) mass is 445 g/mol. The lowest BCUT2D eigenvalue weighted by molar-refractivity contribution is 0.301. The zero-order chi connectivity index (χ0) is 17.2. The highest BCUT2D eigenvalue weighted by Crippen LogP contribution is 2.20. The average Bonchev–Trinajstić information content (AvgIpc) is 3.09. The van der Waals surface area contributed by atoms with E-state index in [0.29, 0.717) is 17.9 Å². The second kappa shape index (κ2) is 6.67. The Morgan fingerprint density at radius 1 is 1.12 bits per heavy atom. The first-order valence-corrected chi connectivity index (χ1v) is 8.60. The van der Waals surface area contributed by atoms with Crippen LogP contribution in [0.25, 0.3) is 16.7 Å². The molecule has 0 spiro atoms. The second-order valence-electron chi connectivity index (χ2n) is 5.35. The number of hydrogen-bond donors (Lipinski definition) is 0. The lowest BCUT2D eigenvalue weighted by atomic mass is 10.2. The van der Waals surface area contributed by atoms with Crippen LogP contribution in [-0.2, 0) is 6.61 Å². The van der Waals surface area contributed by atoms with Gasteiger partial charge in [-0.2, -0.15) is 0 Å². The van der Waals surface area contributed by atoms with Crippen LogP contribution in [0.2, 0.25) is 0 Å². The number of aromatic nitrogens is 3. The van der Waals surface area contributed by atoms with Gasteiger partial charge in [-0.1, -0.05) is 17.3 Å². The molecule has 0 saturated heterocycles. The lowest BCUT2D eigenvalue weighted by Gasteiger charge is -2.05. The molecule has 0 aliphatic rings. The van der Waals surface area contributed by atoms with Gasteiger partial charge in [0.25, 0.3) is 0 Å². The van der Waals surface area contributed by atoms with Crippen molar-refractivity contribution in [2.75, 3.05) is 0 Å². The van der Waals surface area contributed by atoms with Crippen molar-refractivity contribution in [2.24, 2.45) is 0 Å². The third kappa shape index (κ3) is 3.41. The Balaban J connectivity index is 1.51. The Kier molecular flexibility index (Phi) is 4.22. The van der Waals surface area contributed by atoms with Gasteiger partial charge in [-0.25, -0.2) is 9.48 Å². The van der Waals surface area contributed by atoms with E-state index in [4.69, 9.17) is 9.15 Å². The van der Waals surface area contributed by atoms with E-state index in [2.05, 4.69) is 32.9 Å². The van der Waals surface area contributed by atoms with Crippen LogP contribution >= 0.6 is 22.6 Å². The van der Waals surface area contributed by atoms with Crippen molar-refractivity contribution in [3.8, 4) is 11.4 Å². The molecule has 0 aliphatic carbocycles. The van der Waals surface area contributed by atoms with Crippen molar-refractivity contribution in [1.29, 1.82) is 0 Å². The smallest absolute Gasteiger partial charge is 0.336 e. The van der Waals surface area contributed by atoms with Crippen molar-refractivity contribution in [2.45, 2.75) is 6.61 Å². The van der Waals surface area contributed by atoms with Crippen molar-refractivity contribution >= 4 is 33.6 Å². The van der Waals surface area contributed by atoms with E-state index in [1.54, 1.807) is 22.9 Å². The maximum Gasteiger partial charge on any atom is 0.336 e. The third-order valence-corrected chi connectivity index (χ3v) is 4.53. The molecule has 7 heteroatoms. The molecule has 0 radical (unpaired) electrons. The largest absolute Gasteiger partial charge is 0.487 e. The maximum atomic E-state index is 11.2. The summed E-state index contributed by atoms with van der Waals surface area (Å²) in [6.07, 6.45) is 1.84. The van der Waals surface area contributed by atoms with Crippen molar-refractivity contribution in [1.82, 2.24) is 15.0 Å². The fourth-order valence-electron chi connectivity index (χ4n) is 2.42. The molecule has 25 heavy (non-hydrogen) atoms. The summed E-state index contributed by atoms with van der Waals surface area (Å²) in [5, 5.41) is 9.10. The van der Waals surface area contributed by atoms with Gasteiger partial charge in [0.15, 0.2) is 0 Å². The minimum Gasteiger partial charge on any atom is -0.487 e. The number of fused-ring (bicyclic) bond motifs is 1. The molecular formula is C18H12IN3O3. The van der Waals surface area contributed by atoms with Gasteiger partial charge in [0.1, 0.15) is 23.6 Å². The van der Waals surface area contributed by atoms with Gasteiger partial charge < -0.3 is 9.15 Å².